The fourth-order valence-corrected chi connectivity index (χ4v) is 3.45. The van der Waals surface area contributed by atoms with Crippen LogP contribution in [0.15, 0.2) is 55.0 Å². The Morgan fingerprint density at radius 2 is 1.82 bits per heavy atom. The second-order valence-corrected chi connectivity index (χ2v) is 7.24. The number of ether oxygens (including phenoxy) is 3. The van der Waals surface area contributed by atoms with Crippen LogP contribution in [0.1, 0.15) is 29.8 Å². The maximum Gasteiger partial charge on any atom is 0.319 e. The number of nitrogens with zero attached hydrogens (tertiary/aromatic N) is 5. The van der Waals surface area contributed by atoms with Crippen LogP contribution < -0.4 is 14.2 Å². The minimum absolute atomic E-state index is 0.203. The first-order chi connectivity index (χ1) is 16.0. The van der Waals surface area contributed by atoms with E-state index in [-0.39, 0.29) is 6.01 Å². The quantitative estimate of drug-likeness (QED) is 0.437. The van der Waals surface area contributed by atoms with Crippen molar-refractivity contribution in [3.8, 4) is 34.6 Å². The molecule has 4 rings (SSSR count). The van der Waals surface area contributed by atoms with Gasteiger partial charge in [0.25, 0.3) is 0 Å². The summed E-state index contributed by atoms with van der Waals surface area (Å²) in [6.07, 6.45) is 4.57. The summed E-state index contributed by atoms with van der Waals surface area (Å²) in [5, 5.41) is 19.5. The minimum atomic E-state index is -0.772. The van der Waals surface area contributed by atoms with Gasteiger partial charge in [0.1, 0.15) is 17.5 Å². The van der Waals surface area contributed by atoms with Gasteiger partial charge in [-0.3, -0.25) is 0 Å². The summed E-state index contributed by atoms with van der Waals surface area (Å²) in [6, 6.07) is 11.4. The van der Waals surface area contributed by atoms with E-state index >= 15 is 0 Å². The van der Waals surface area contributed by atoms with Crippen LogP contribution in [0.4, 0.5) is 0 Å². The maximum atomic E-state index is 10.9. The van der Waals surface area contributed by atoms with E-state index < -0.39 is 6.10 Å². The zero-order valence-corrected chi connectivity index (χ0v) is 18.9. The summed E-state index contributed by atoms with van der Waals surface area (Å²) < 4.78 is 17.8. The third-order valence-electron chi connectivity index (χ3n) is 5.15. The first kappa shape index (κ1) is 22.2. The molecule has 0 radical (unpaired) electrons. The number of benzene rings is 1. The van der Waals surface area contributed by atoms with Crippen molar-refractivity contribution in [2.24, 2.45) is 0 Å². The van der Waals surface area contributed by atoms with Gasteiger partial charge in [-0.1, -0.05) is 12.1 Å². The summed E-state index contributed by atoms with van der Waals surface area (Å²) in [5.74, 6) is 1.11. The van der Waals surface area contributed by atoms with E-state index in [1.807, 2.05) is 67.2 Å². The molecule has 1 N–H and O–H groups in total. The monoisotopic (exact) mass is 447 g/mol. The smallest absolute Gasteiger partial charge is 0.319 e. The molecule has 33 heavy (non-hydrogen) atoms. The Balaban J connectivity index is 1.64. The van der Waals surface area contributed by atoms with Crippen molar-refractivity contribution in [2.75, 3.05) is 20.8 Å². The van der Waals surface area contributed by atoms with Crippen molar-refractivity contribution in [1.82, 2.24) is 24.7 Å². The molecular formula is C24H25N5O4. The molecule has 9 heteroatoms. The third kappa shape index (κ3) is 4.63. The molecule has 0 fully saturated rings. The zero-order valence-electron chi connectivity index (χ0n) is 18.9. The standard InChI is InChI=1S/C24H25N5O4/c1-5-33-18-8-6-16(7-9-18)22(30)17-10-11-29(14-17)21-12-20(28-27-15(21)2)19-13-25-24(32-4)26-23(19)31-3/h6-14,22,30H,5H2,1-4H3. The van der Waals surface area contributed by atoms with E-state index in [0.29, 0.717) is 23.7 Å². The highest BCUT2D eigenvalue weighted by molar-refractivity contribution is 5.66. The molecule has 170 valence electrons. The molecule has 0 aliphatic rings. The summed E-state index contributed by atoms with van der Waals surface area (Å²) in [4.78, 5) is 8.37. The number of rotatable bonds is 8. The van der Waals surface area contributed by atoms with Gasteiger partial charge in [-0.05, 0) is 43.7 Å². The van der Waals surface area contributed by atoms with Gasteiger partial charge in [-0.2, -0.15) is 10.1 Å². The Morgan fingerprint density at radius 3 is 2.52 bits per heavy atom. The van der Waals surface area contributed by atoms with Crippen LogP contribution in [-0.2, 0) is 0 Å². The lowest BCUT2D eigenvalue weighted by molar-refractivity contribution is 0.220. The molecule has 3 aromatic heterocycles. The first-order valence-corrected chi connectivity index (χ1v) is 10.4. The van der Waals surface area contributed by atoms with Gasteiger partial charge in [-0.25, -0.2) is 4.98 Å². The Kier molecular flexibility index (Phi) is 6.50. The van der Waals surface area contributed by atoms with E-state index in [2.05, 4.69) is 20.2 Å². The Bertz CT molecular complexity index is 1240. The molecular weight excluding hydrogens is 422 g/mol. The summed E-state index contributed by atoms with van der Waals surface area (Å²) >= 11 is 0. The average molecular weight is 447 g/mol. The van der Waals surface area contributed by atoms with Gasteiger partial charge in [-0.15, -0.1) is 5.10 Å². The second kappa shape index (κ2) is 9.66. The molecule has 0 aliphatic carbocycles. The highest BCUT2D eigenvalue weighted by Crippen LogP contribution is 2.30. The minimum Gasteiger partial charge on any atom is -0.494 e. The Hall–Kier alpha value is -3.98. The maximum absolute atomic E-state index is 10.9. The number of aromatic nitrogens is 5. The van der Waals surface area contributed by atoms with Crippen molar-refractivity contribution >= 4 is 0 Å². The van der Waals surface area contributed by atoms with Gasteiger partial charge in [0.2, 0.25) is 5.88 Å². The fraction of sp³-hybridized carbons (Fsp3) is 0.250. The first-order valence-electron chi connectivity index (χ1n) is 10.4. The van der Waals surface area contributed by atoms with Gasteiger partial charge in [0, 0.05) is 24.2 Å². The molecule has 9 nitrogen and oxygen atoms in total. The van der Waals surface area contributed by atoms with Crippen LogP contribution in [0.5, 0.6) is 17.6 Å². The van der Waals surface area contributed by atoms with Crippen LogP contribution in [0, 0.1) is 6.92 Å². The summed E-state index contributed by atoms with van der Waals surface area (Å²) in [6.45, 7) is 4.40. The molecule has 1 unspecified atom stereocenters. The van der Waals surface area contributed by atoms with E-state index in [0.717, 1.165) is 28.3 Å². The topological polar surface area (TPSA) is 104 Å². The number of methoxy groups -OCH3 is 2. The summed E-state index contributed by atoms with van der Waals surface area (Å²) in [5.41, 5.74) is 4.21. The molecule has 1 atom stereocenters. The normalized spacial score (nSPS) is 11.8. The molecule has 0 saturated carbocycles. The second-order valence-electron chi connectivity index (χ2n) is 7.24. The molecule has 1 aromatic carbocycles. The molecule has 0 amide bonds. The van der Waals surface area contributed by atoms with Crippen molar-refractivity contribution < 1.29 is 19.3 Å². The predicted octanol–water partition coefficient (Wildman–Crippen LogP) is 3.53. The highest BCUT2D eigenvalue weighted by Gasteiger charge is 2.17. The SMILES string of the molecule is CCOc1ccc(C(O)c2ccn(-c3cc(-c4cnc(OC)nc4OC)nnc3C)c2)cc1. The van der Waals surface area contributed by atoms with E-state index in [9.17, 15) is 5.11 Å². The van der Waals surface area contributed by atoms with Gasteiger partial charge in [0.15, 0.2) is 0 Å². The lowest BCUT2D eigenvalue weighted by Gasteiger charge is -2.12. The summed E-state index contributed by atoms with van der Waals surface area (Å²) in [7, 11) is 3.01. The van der Waals surface area contributed by atoms with Crippen LogP contribution in [0.3, 0.4) is 0 Å². The van der Waals surface area contributed by atoms with Crippen LogP contribution in [0.2, 0.25) is 0 Å². The molecule has 4 aromatic rings. The number of aliphatic hydroxyl groups is 1. The average Bonchev–Trinajstić information content (AvgIpc) is 3.34. The highest BCUT2D eigenvalue weighted by atomic mass is 16.5. The predicted molar refractivity (Wildman–Crippen MR) is 122 cm³/mol. The molecule has 0 aliphatic heterocycles. The zero-order chi connectivity index (χ0) is 23.4. The van der Waals surface area contributed by atoms with Crippen LogP contribution in [-0.4, -0.2) is 50.7 Å². The number of aliphatic hydroxyl groups excluding tert-OH is 1. The lowest BCUT2D eigenvalue weighted by atomic mass is 10.0. The molecule has 0 spiro atoms. The van der Waals surface area contributed by atoms with E-state index in [1.165, 1.54) is 14.2 Å². The van der Waals surface area contributed by atoms with Crippen LogP contribution >= 0.6 is 0 Å². The van der Waals surface area contributed by atoms with Crippen molar-refractivity contribution in [2.45, 2.75) is 20.0 Å². The third-order valence-corrected chi connectivity index (χ3v) is 5.15. The lowest BCUT2D eigenvalue weighted by Crippen LogP contribution is -2.03. The number of aryl methyl sites for hydroxylation is 1. The largest absolute Gasteiger partial charge is 0.494 e. The van der Waals surface area contributed by atoms with Gasteiger partial charge < -0.3 is 23.9 Å². The Morgan fingerprint density at radius 1 is 1.03 bits per heavy atom. The van der Waals surface area contributed by atoms with Crippen molar-refractivity contribution in [3.05, 3.63) is 71.8 Å². The van der Waals surface area contributed by atoms with Crippen molar-refractivity contribution in [1.29, 1.82) is 0 Å². The molecule has 3 heterocycles. The van der Waals surface area contributed by atoms with E-state index in [1.54, 1.807) is 6.20 Å². The van der Waals surface area contributed by atoms with E-state index in [4.69, 9.17) is 14.2 Å². The molecule has 0 bridgehead atoms. The van der Waals surface area contributed by atoms with Gasteiger partial charge in [0.05, 0.1) is 37.8 Å². The Labute approximate surface area is 191 Å². The number of hydrogen-bond donors (Lipinski definition) is 1. The van der Waals surface area contributed by atoms with Gasteiger partial charge >= 0.3 is 6.01 Å². The van der Waals surface area contributed by atoms with Crippen molar-refractivity contribution in [3.63, 3.8) is 0 Å². The number of hydrogen-bond acceptors (Lipinski definition) is 8. The fourth-order valence-electron chi connectivity index (χ4n) is 3.45. The van der Waals surface area contributed by atoms with Crippen LogP contribution in [0.25, 0.3) is 16.9 Å². The molecule has 0 saturated heterocycles.